The summed E-state index contributed by atoms with van der Waals surface area (Å²) in [7, 11) is 0. The molecule has 4 N–H and O–H groups in total. The summed E-state index contributed by atoms with van der Waals surface area (Å²) in [6.07, 6.45) is 1.67. The summed E-state index contributed by atoms with van der Waals surface area (Å²) >= 11 is 1.38. The number of aliphatic hydroxyl groups excluding tert-OH is 1. The van der Waals surface area contributed by atoms with Crippen LogP contribution in [-0.2, 0) is 40.2 Å². The van der Waals surface area contributed by atoms with Gasteiger partial charge in [-0.1, -0.05) is 65.9 Å². The van der Waals surface area contributed by atoms with Crippen molar-refractivity contribution in [2.24, 2.45) is 0 Å². The van der Waals surface area contributed by atoms with E-state index in [-0.39, 0.29) is 37.1 Å². The quantitative estimate of drug-likeness (QED) is 0.134. The number of hydrogen-bond acceptors (Lipinski definition) is 9. The van der Waals surface area contributed by atoms with Gasteiger partial charge in [0.1, 0.15) is 11.7 Å². The molecule has 0 radical (unpaired) electrons. The maximum atomic E-state index is 12.6. The number of alkyl halides is 1. The van der Waals surface area contributed by atoms with Gasteiger partial charge in [0, 0.05) is 13.0 Å². The van der Waals surface area contributed by atoms with E-state index in [0.29, 0.717) is 17.4 Å². The highest BCUT2D eigenvalue weighted by Crippen LogP contribution is 2.21. The number of rotatable bonds is 16. The molecule has 0 bridgehead atoms. The highest BCUT2D eigenvalue weighted by Gasteiger charge is 2.17. The largest absolute Gasteiger partial charge is 0.390 e. The second kappa shape index (κ2) is 17.0. The lowest BCUT2D eigenvalue weighted by Crippen LogP contribution is -2.27. The Hall–Kier alpha value is -4.62. The van der Waals surface area contributed by atoms with Crippen molar-refractivity contribution in [1.82, 2.24) is 25.7 Å². The number of carbonyl (C=O) groups is 3. The van der Waals surface area contributed by atoms with Crippen molar-refractivity contribution in [2.75, 3.05) is 17.3 Å². The molecule has 45 heavy (non-hydrogen) atoms. The normalized spacial score (nSPS) is 12.2. The average molecular weight is 634 g/mol. The number of anilines is 2. The number of nitrogens with zero attached hydrogens (tertiary/aromatic N) is 4. The molecule has 2 atom stereocenters. The first-order chi connectivity index (χ1) is 21.8. The van der Waals surface area contributed by atoms with Crippen LogP contribution in [0.5, 0.6) is 0 Å². The van der Waals surface area contributed by atoms with E-state index in [1.807, 2.05) is 43.3 Å². The van der Waals surface area contributed by atoms with E-state index >= 15 is 0 Å². The Labute approximate surface area is 264 Å². The Balaban J connectivity index is 1.15. The zero-order valence-electron chi connectivity index (χ0n) is 24.9. The van der Waals surface area contributed by atoms with Crippen molar-refractivity contribution in [3.63, 3.8) is 0 Å². The van der Waals surface area contributed by atoms with Crippen molar-refractivity contribution in [3.8, 4) is 0 Å². The molecule has 11 nitrogen and oxygen atoms in total. The number of amides is 3. The number of aliphatic hydroxyl groups is 1. The fourth-order valence-corrected chi connectivity index (χ4v) is 5.20. The van der Waals surface area contributed by atoms with E-state index in [1.165, 1.54) is 11.3 Å². The van der Waals surface area contributed by atoms with Gasteiger partial charge in [0.2, 0.25) is 22.9 Å². The van der Waals surface area contributed by atoms with Crippen molar-refractivity contribution < 1.29 is 23.9 Å². The number of benzene rings is 2. The minimum atomic E-state index is -1.31. The molecule has 0 aliphatic heterocycles. The molecule has 0 spiro atoms. The highest BCUT2D eigenvalue weighted by atomic mass is 32.1. The minimum Gasteiger partial charge on any atom is -0.390 e. The van der Waals surface area contributed by atoms with Gasteiger partial charge in [-0.25, -0.2) is 4.39 Å². The molecule has 4 rings (SSSR count). The predicted molar refractivity (Wildman–Crippen MR) is 169 cm³/mol. The summed E-state index contributed by atoms with van der Waals surface area (Å²) in [6, 6.07) is 20.3. The molecule has 0 aliphatic rings. The first-order valence-electron chi connectivity index (χ1n) is 14.7. The van der Waals surface area contributed by atoms with Gasteiger partial charge in [0.05, 0.1) is 30.6 Å². The summed E-state index contributed by atoms with van der Waals surface area (Å²) < 4.78 is 12.4. The molecule has 2 aromatic heterocycles. The molecule has 2 heterocycles. The summed E-state index contributed by atoms with van der Waals surface area (Å²) in [4.78, 5) is 36.9. The van der Waals surface area contributed by atoms with Gasteiger partial charge in [-0.2, -0.15) is 5.10 Å². The number of hydrogen-bond donors (Lipinski definition) is 4. The van der Waals surface area contributed by atoms with Crippen LogP contribution < -0.4 is 16.0 Å². The summed E-state index contributed by atoms with van der Waals surface area (Å²) in [6.45, 7) is 1.09. The Bertz CT molecular complexity index is 1550. The molecule has 0 saturated heterocycles. The summed E-state index contributed by atoms with van der Waals surface area (Å²) in [5, 5.41) is 35.5. The Kier molecular flexibility index (Phi) is 12.6. The number of aryl methyl sites for hydroxylation is 2. The topological polar surface area (TPSA) is 159 Å². The van der Waals surface area contributed by atoms with E-state index < -0.39 is 18.7 Å². The van der Waals surface area contributed by atoms with Crippen LogP contribution in [0.15, 0.2) is 66.7 Å². The van der Waals surface area contributed by atoms with Gasteiger partial charge < -0.3 is 21.1 Å². The zero-order valence-corrected chi connectivity index (χ0v) is 25.7. The standard InChI is InChI=1S/C32H36FN7O4S/c1-21(24-10-3-2-4-11-24)31(44)36-32-40-39-30(45-32)13-6-5-12-25-14-15-27(38-37-25)35-29(43)17-22-8-7-9-23(16-22)20-34-28(42)18-26(41)19-33/h2-4,7-11,14-16,21,26,41H,5-6,12-13,17-20H2,1H3,(H,34,42)(H,35,38,43)(H,36,40,44). The van der Waals surface area contributed by atoms with E-state index in [9.17, 15) is 23.9 Å². The molecular weight excluding hydrogens is 597 g/mol. The number of nitrogens with one attached hydrogen (secondary N) is 3. The maximum absolute atomic E-state index is 12.6. The molecule has 13 heteroatoms. The molecule has 0 fully saturated rings. The third-order valence-electron chi connectivity index (χ3n) is 6.90. The minimum absolute atomic E-state index is 0.106. The van der Waals surface area contributed by atoms with E-state index in [0.717, 1.165) is 46.7 Å². The van der Waals surface area contributed by atoms with Gasteiger partial charge in [-0.05, 0) is 55.0 Å². The molecule has 236 valence electrons. The monoisotopic (exact) mass is 633 g/mol. The Morgan fingerprint density at radius 2 is 1.64 bits per heavy atom. The van der Waals surface area contributed by atoms with Crippen molar-refractivity contribution in [1.29, 1.82) is 0 Å². The predicted octanol–water partition coefficient (Wildman–Crippen LogP) is 4.15. The second-order valence-corrected chi connectivity index (χ2v) is 11.6. The number of unbranched alkanes of at least 4 members (excludes halogenated alkanes) is 1. The van der Waals surface area contributed by atoms with Crippen molar-refractivity contribution in [2.45, 2.75) is 64.0 Å². The fourth-order valence-electron chi connectivity index (χ4n) is 4.42. The third kappa shape index (κ3) is 11.1. The van der Waals surface area contributed by atoms with Gasteiger partial charge in [0.25, 0.3) is 0 Å². The maximum Gasteiger partial charge on any atom is 0.233 e. The first-order valence-corrected chi connectivity index (χ1v) is 15.5. The SMILES string of the molecule is CC(C(=O)Nc1nnc(CCCCc2ccc(NC(=O)Cc3cccc(CNC(=O)CC(O)CF)c3)nn2)s1)c1ccccc1. The Morgan fingerprint density at radius 3 is 2.40 bits per heavy atom. The number of carbonyl (C=O) groups excluding carboxylic acids is 3. The molecule has 2 unspecified atom stereocenters. The average Bonchev–Trinajstić information content (AvgIpc) is 3.49. The van der Waals surface area contributed by atoms with E-state index in [2.05, 4.69) is 36.3 Å². The smallest absolute Gasteiger partial charge is 0.233 e. The molecule has 2 aromatic carbocycles. The molecule has 0 aliphatic carbocycles. The van der Waals surface area contributed by atoms with Crippen LogP contribution in [0, 0.1) is 0 Å². The van der Waals surface area contributed by atoms with Gasteiger partial charge in [-0.15, -0.1) is 15.3 Å². The van der Waals surface area contributed by atoms with Crippen LogP contribution in [0.3, 0.4) is 0 Å². The molecule has 4 aromatic rings. The lowest BCUT2D eigenvalue weighted by atomic mass is 10.0. The zero-order chi connectivity index (χ0) is 32.0. The van der Waals surface area contributed by atoms with Crippen molar-refractivity contribution >= 4 is 40.0 Å². The van der Waals surface area contributed by atoms with Crippen molar-refractivity contribution in [3.05, 3.63) is 94.1 Å². The lowest BCUT2D eigenvalue weighted by Gasteiger charge is -2.10. The van der Waals surface area contributed by atoms with E-state index in [4.69, 9.17) is 0 Å². The summed E-state index contributed by atoms with van der Waals surface area (Å²) in [5.41, 5.74) is 3.28. The highest BCUT2D eigenvalue weighted by molar-refractivity contribution is 7.15. The fraction of sp³-hybridized carbons (Fsp3) is 0.344. The van der Waals surface area contributed by atoms with E-state index in [1.54, 1.807) is 30.3 Å². The number of aromatic nitrogens is 4. The second-order valence-electron chi connectivity index (χ2n) is 10.6. The third-order valence-corrected chi connectivity index (χ3v) is 7.79. The van der Waals surface area contributed by atoms with Crippen LogP contribution in [0.2, 0.25) is 0 Å². The van der Waals surface area contributed by atoms with Crippen LogP contribution in [0.25, 0.3) is 0 Å². The number of halogens is 1. The van der Waals surface area contributed by atoms with Gasteiger partial charge in [0.15, 0.2) is 5.82 Å². The van der Waals surface area contributed by atoms with Crippen LogP contribution >= 0.6 is 11.3 Å². The Morgan fingerprint density at radius 1 is 0.867 bits per heavy atom. The van der Waals surface area contributed by atoms with Crippen LogP contribution in [-0.4, -0.2) is 56.0 Å². The lowest BCUT2D eigenvalue weighted by molar-refractivity contribution is -0.123. The van der Waals surface area contributed by atoms with Crippen LogP contribution in [0.4, 0.5) is 15.3 Å². The summed E-state index contributed by atoms with van der Waals surface area (Å²) in [5.74, 6) is -0.770. The van der Waals surface area contributed by atoms with Gasteiger partial charge >= 0.3 is 0 Å². The molecule has 0 saturated carbocycles. The first kappa shape index (κ1) is 33.3. The van der Waals surface area contributed by atoms with Crippen LogP contribution in [0.1, 0.15) is 59.5 Å². The molecule has 3 amide bonds. The van der Waals surface area contributed by atoms with Gasteiger partial charge in [-0.3, -0.25) is 14.4 Å². The molecular formula is C32H36FN7O4S.